The van der Waals surface area contributed by atoms with Crippen LogP contribution < -0.4 is 0 Å². The van der Waals surface area contributed by atoms with E-state index in [1.165, 1.54) is 18.1 Å². The molecule has 76 heavy (non-hydrogen) atoms. The first kappa shape index (κ1) is 55.5. The van der Waals surface area contributed by atoms with Gasteiger partial charge >= 0.3 is 0 Å². The Morgan fingerprint density at radius 2 is 1.22 bits per heavy atom. The summed E-state index contributed by atoms with van der Waals surface area (Å²) in [6, 6.07) is 41.8. The molecule has 2 aliphatic rings. The Morgan fingerprint density at radius 3 is 1.82 bits per heavy atom. The van der Waals surface area contributed by atoms with Crippen LogP contribution in [0.15, 0.2) is 134 Å². The molecule has 12 nitrogen and oxygen atoms in total. The molecule has 8 aromatic rings. The number of benzene rings is 4. The number of carbonyl (C=O) groups is 3. The van der Waals surface area contributed by atoms with Gasteiger partial charge in [-0.2, -0.15) is 10.2 Å². The fraction of sp³-hybridized carbons (Fsp3) is 0.381. The average Bonchev–Trinajstić information content (AvgIpc) is 4.04. The number of ketones is 3. The van der Waals surface area contributed by atoms with Gasteiger partial charge in [-0.3, -0.25) is 34.1 Å². The maximum absolute atomic E-state index is 13.3. The summed E-state index contributed by atoms with van der Waals surface area (Å²) in [6.07, 6.45) is 8.09. The first-order valence-corrected chi connectivity index (χ1v) is 29.7. The van der Waals surface area contributed by atoms with E-state index in [1.54, 1.807) is 36.7 Å². The molecule has 2 aliphatic carbocycles. The van der Waals surface area contributed by atoms with E-state index in [0.717, 1.165) is 81.4 Å². The van der Waals surface area contributed by atoms with Gasteiger partial charge in [0, 0.05) is 91.1 Å². The molecule has 0 aliphatic heterocycles. The van der Waals surface area contributed by atoms with Crippen LogP contribution in [0.5, 0.6) is 0 Å². The molecular weight excluding hydrogens is 965 g/mol. The summed E-state index contributed by atoms with van der Waals surface area (Å²) < 4.78 is 1.82. The zero-order valence-corrected chi connectivity index (χ0v) is 46.2. The molecule has 4 aromatic heterocycles. The Hall–Kier alpha value is -6.77. The van der Waals surface area contributed by atoms with Crippen molar-refractivity contribution in [3.8, 4) is 22.5 Å². The molecule has 0 bridgehead atoms. The molecule has 0 spiro atoms. The summed E-state index contributed by atoms with van der Waals surface area (Å²) in [6.45, 7) is 10.8. The minimum atomic E-state index is -1.41. The highest BCUT2D eigenvalue weighted by Crippen LogP contribution is 2.43. The van der Waals surface area contributed by atoms with Gasteiger partial charge in [0.15, 0.2) is 17.3 Å². The smallest absolute Gasteiger partial charge is 0.194 e. The Bertz CT molecular complexity index is 3260. The Labute approximate surface area is 448 Å². The van der Waals surface area contributed by atoms with Gasteiger partial charge in [-0.1, -0.05) is 106 Å². The quantitative estimate of drug-likeness (QED) is 0.0569. The molecule has 5 unspecified atom stereocenters. The van der Waals surface area contributed by atoms with Crippen LogP contribution in [0.3, 0.4) is 0 Å². The third-order valence-electron chi connectivity index (χ3n) is 15.9. The molecule has 0 amide bonds. The Balaban J connectivity index is 0.000000179. The minimum absolute atomic E-state index is 0.0203. The molecule has 0 radical (unpaired) electrons. The van der Waals surface area contributed by atoms with E-state index in [1.807, 2.05) is 123 Å². The SMILES string of the molecule is CC[SiH](CC)CC.Cc1cc(-c2n[nH]c3ccc(C(=O)CC4CCCC(O)(C(O)c5ccccc5)C4)cc23)ccn1.Cc1cc(-c2nn(C)c3ccc(C(=O)CC4CCCC(O)(C(=O)c5ccccc5)C4)cc23)ccn1. The van der Waals surface area contributed by atoms with Gasteiger partial charge in [0.05, 0.1) is 16.6 Å². The van der Waals surface area contributed by atoms with E-state index in [2.05, 4.69) is 40.9 Å². The Morgan fingerprint density at radius 1 is 0.671 bits per heavy atom. The number of aryl methyl sites for hydroxylation is 3. The lowest BCUT2D eigenvalue weighted by Crippen LogP contribution is -2.43. The summed E-state index contributed by atoms with van der Waals surface area (Å²) in [7, 11) is 1.73. The van der Waals surface area contributed by atoms with Crippen LogP contribution in [0.1, 0.15) is 139 Å². The fourth-order valence-corrected chi connectivity index (χ4v) is 13.2. The van der Waals surface area contributed by atoms with Crippen LogP contribution in [0.2, 0.25) is 18.1 Å². The standard InChI is InChI=1S/C29H29N3O3.C28H29N3O3.C6H16Si/c1-19-15-23(12-14-30-19)27-24-17-22(10-11-25(24)32(2)31-27)26(33)16-20-7-6-13-29(35,18-20)28(34)21-8-4-3-5-9-21;1-18-14-22(11-13-29-18)26-23-16-21(9-10-24(23)30-31-26)25(32)15-19-6-5-12-28(34,17-19)27(33)20-7-3-2-4-8-20;1-4-7(5-2)6-3/h3-5,8-12,14-15,17,20,35H,6-7,13,16,18H2,1-2H3;2-4,7-11,13-14,16,19,27,33-34H,5-6,12,15,17H2,1H3,(H,30,31);7H,4-6H2,1-3H3. The largest absolute Gasteiger partial charge is 0.387 e. The summed E-state index contributed by atoms with van der Waals surface area (Å²) in [5.74, 6) is -0.199. The number of Topliss-reactive ketones (excluding diaryl/α,β-unsaturated/α-hetero) is 3. The topological polar surface area (TPSA) is 184 Å². The maximum Gasteiger partial charge on any atom is 0.194 e. The molecule has 5 atom stereocenters. The van der Waals surface area contributed by atoms with Crippen molar-refractivity contribution >= 4 is 48.0 Å². The summed E-state index contributed by atoms with van der Waals surface area (Å²) in [5.41, 5.74) is 7.04. The number of pyridine rings is 2. The third-order valence-corrected chi connectivity index (χ3v) is 19.3. The van der Waals surface area contributed by atoms with Gasteiger partial charge in [0.1, 0.15) is 23.1 Å². The normalized spacial score (nSPS) is 19.8. The van der Waals surface area contributed by atoms with E-state index >= 15 is 0 Å². The first-order valence-electron chi connectivity index (χ1n) is 27.3. The van der Waals surface area contributed by atoms with Crippen molar-refractivity contribution in [1.82, 2.24) is 29.9 Å². The lowest BCUT2D eigenvalue weighted by atomic mass is 9.72. The van der Waals surface area contributed by atoms with Crippen molar-refractivity contribution < 1.29 is 29.7 Å². The highest BCUT2D eigenvalue weighted by atomic mass is 28.3. The van der Waals surface area contributed by atoms with E-state index < -0.39 is 17.3 Å². The van der Waals surface area contributed by atoms with E-state index in [4.69, 9.17) is 5.10 Å². The van der Waals surface area contributed by atoms with Gasteiger partial charge in [-0.25, -0.2) is 0 Å². The van der Waals surface area contributed by atoms with Gasteiger partial charge < -0.3 is 15.3 Å². The fourth-order valence-electron chi connectivity index (χ4n) is 11.4. The van der Waals surface area contributed by atoms with Crippen molar-refractivity contribution in [2.24, 2.45) is 18.9 Å². The second-order valence-corrected chi connectivity index (χ2v) is 25.5. The van der Waals surface area contributed by atoms with Crippen molar-refractivity contribution in [1.29, 1.82) is 0 Å². The number of H-pyrrole nitrogens is 1. The van der Waals surface area contributed by atoms with Crippen molar-refractivity contribution in [2.75, 3.05) is 0 Å². The van der Waals surface area contributed by atoms with Crippen LogP contribution >= 0.6 is 0 Å². The second kappa shape index (κ2) is 24.9. The lowest BCUT2D eigenvalue weighted by molar-refractivity contribution is -0.111. The molecule has 2 fully saturated rings. The zero-order valence-electron chi connectivity index (χ0n) is 45.0. The molecule has 396 valence electrons. The maximum atomic E-state index is 13.3. The van der Waals surface area contributed by atoms with Crippen LogP contribution in [0.4, 0.5) is 0 Å². The van der Waals surface area contributed by atoms with Gasteiger partial charge in [0.2, 0.25) is 0 Å². The van der Waals surface area contributed by atoms with Crippen molar-refractivity contribution in [2.45, 2.75) is 134 Å². The number of rotatable bonds is 15. The molecule has 13 heteroatoms. The molecule has 4 aromatic carbocycles. The van der Waals surface area contributed by atoms with Crippen LogP contribution in [0.25, 0.3) is 44.3 Å². The predicted molar refractivity (Wildman–Crippen MR) is 305 cm³/mol. The van der Waals surface area contributed by atoms with Crippen molar-refractivity contribution in [3.63, 3.8) is 0 Å². The number of fused-ring (bicyclic) bond motifs is 2. The number of hydrogen-bond donors (Lipinski definition) is 4. The lowest BCUT2D eigenvalue weighted by Gasteiger charge is -2.40. The molecule has 10 rings (SSSR count). The van der Waals surface area contributed by atoms with Gasteiger partial charge in [0.25, 0.3) is 0 Å². The second-order valence-electron chi connectivity index (χ2n) is 21.3. The number of aliphatic hydroxyl groups excluding tert-OH is 1. The number of nitrogens with zero attached hydrogens (tertiary/aromatic N) is 5. The highest BCUT2D eigenvalue weighted by Gasteiger charge is 2.43. The van der Waals surface area contributed by atoms with Gasteiger partial charge in [-0.05, 0) is 137 Å². The molecule has 0 saturated heterocycles. The summed E-state index contributed by atoms with van der Waals surface area (Å²) in [5, 5.41) is 47.4. The van der Waals surface area contributed by atoms with Crippen LogP contribution in [0, 0.1) is 25.7 Å². The number of aromatic amines is 1. The third kappa shape index (κ3) is 13.1. The number of carbonyl (C=O) groups excluding carboxylic acids is 3. The monoisotopic (exact) mass is 1040 g/mol. The van der Waals surface area contributed by atoms with Crippen LogP contribution in [-0.4, -0.2) is 82.6 Å². The average molecular weight is 1040 g/mol. The summed E-state index contributed by atoms with van der Waals surface area (Å²) >= 11 is 0. The Kier molecular flexibility index (Phi) is 18.2. The number of aromatic nitrogens is 6. The molecule has 2 saturated carbocycles. The summed E-state index contributed by atoms with van der Waals surface area (Å²) in [4.78, 5) is 48.1. The molecule has 4 N–H and O–H groups in total. The highest BCUT2D eigenvalue weighted by molar-refractivity contribution is 6.58. The van der Waals surface area contributed by atoms with E-state index in [9.17, 15) is 29.7 Å². The molecular formula is C63H74N6O6Si. The number of nitrogens with one attached hydrogen (secondary N) is 1. The molecule has 4 heterocycles. The first-order chi connectivity index (χ1) is 36.6. The minimum Gasteiger partial charge on any atom is -0.387 e. The number of hydrogen-bond acceptors (Lipinski definition) is 10. The van der Waals surface area contributed by atoms with Gasteiger partial charge in [-0.15, -0.1) is 0 Å². The number of aliphatic hydroxyl groups is 3. The van der Waals surface area contributed by atoms with Crippen LogP contribution in [-0.2, 0) is 7.05 Å². The van der Waals surface area contributed by atoms with E-state index in [0.29, 0.717) is 60.8 Å². The predicted octanol–water partition coefficient (Wildman–Crippen LogP) is 12.8. The zero-order chi connectivity index (χ0) is 54.0. The van der Waals surface area contributed by atoms with Crippen molar-refractivity contribution in [3.05, 3.63) is 167 Å². The van der Waals surface area contributed by atoms with E-state index in [-0.39, 0.29) is 38.0 Å².